The van der Waals surface area contributed by atoms with Crippen LogP contribution in [-0.2, 0) is 4.74 Å². The Kier molecular flexibility index (Phi) is 3.93. The van der Waals surface area contributed by atoms with Gasteiger partial charge < -0.3 is 15.4 Å². The minimum Gasteiger partial charge on any atom is -0.444 e. The van der Waals surface area contributed by atoms with E-state index < -0.39 is 5.60 Å². The molecular weight excluding hydrogens is 242 g/mol. The number of anilines is 1. The van der Waals surface area contributed by atoms with E-state index in [2.05, 4.69) is 15.6 Å². The minimum absolute atomic E-state index is 0.241. The van der Waals surface area contributed by atoms with Crippen molar-refractivity contribution < 1.29 is 9.53 Å². The van der Waals surface area contributed by atoms with Gasteiger partial charge in [0, 0.05) is 25.2 Å². The molecule has 104 valence electrons. The van der Waals surface area contributed by atoms with Crippen LogP contribution in [0.25, 0.3) is 0 Å². The third-order valence-electron chi connectivity index (χ3n) is 2.93. The number of aromatic nitrogens is 1. The Morgan fingerprint density at radius 1 is 1.58 bits per heavy atom. The number of fused-ring (bicyclic) bond motifs is 1. The minimum atomic E-state index is -0.464. The van der Waals surface area contributed by atoms with Gasteiger partial charge in [0.1, 0.15) is 5.60 Å². The van der Waals surface area contributed by atoms with Crippen LogP contribution in [0, 0.1) is 0 Å². The molecule has 0 aliphatic carbocycles. The molecule has 0 aromatic carbocycles. The maximum absolute atomic E-state index is 11.6. The molecule has 19 heavy (non-hydrogen) atoms. The smallest absolute Gasteiger partial charge is 0.407 e. The summed E-state index contributed by atoms with van der Waals surface area (Å²) >= 11 is 0. The Morgan fingerprint density at radius 3 is 3.11 bits per heavy atom. The lowest BCUT2D eigenvalue weighted by Gasteiger charge is -2.26. The van der Waals surface area contributed by atoms with E-state index in [1.807, 2.05) is 32.9 Å². The van der Waals surface area contributed by atoms with Crippen molar-refractivity contribution in [2.24, 2.45) is 0 Å². The second kappa shape index (κ2) is 5.47. The number of rotatable bonds is 2. The highest BCUT2D eigenvalue weighted by molar-refractivity contribution is 5.67. The van der Waals surface area contributed by atoms with Gasteiger partial charge in [-0.05, 0) is 39.3 Å². The van der Waals surface area contributed by atoms with Crippen LogP contribution in [0.1, 0.15) is 38.8 Å². The van der Waals surface area contributed by atoms with Crippen LogP contribution >= 0.6 is 0 Å². The SMILES string of the molecule is CC(C)(C)OC(=O)NCC1CCNc2cccnc21. The maximum Gasteiger partial charge on any atom is 0.407 e. The summed E-state index contributed by atoms with van der Waals surface area (Å²) in [5.74, 6) is 0.241. The van der Waals surface area contributed by atoms with Gasteiger partial charge in [-0.3, -0.25) is 4.98 Å². The lowest BCUT2D eigenvalue weighted by Crippen LogP contribution is -2.36. The van der Waals surface area contributed by atoms with Crippen molar-refractivity contribution in [1.29, 1.82) is 0 Å². The number of nitrogens with zero attached hydrogens (tertiary/aromatic N) is 1. The largest absolute Gasteiger partial charge is 0.444 e. The Morgan fingerprint density at radius 2 is 2.37 bits per heavy atom. The van der Waals surface area contributed by atoms with E-state index in [1.54, 1.807) is 6.20 Å². The molecule has 0 saturated heterocycles. The van der Waals surface area contributed by atoms with Crippen LogP contribution in [0.15, 0.2) is 18.3 Å². The molecule has 5 heteroatoms. The molecule has 0 radical (unpaired) electrons. The fraction of sp³-hybridized carbons (Fsp3) is 0.571. The molecule has 5 nitrogen and oxygen atoms in total. The predicted octanol–water partition coefficient (Wildman–Crippen LogP) is 2.51. The first-order valence-corrected chi connectivity index (χ1v) is 6.61. The van der Waals surface area contributed by atoms with Crippen LogP contribution < -0.4 is 10.6 Å². The fourth-order valence-corrected chi connectivity index (χ4v) is 2.13. The van der Waals surface area contributed by atoms with E-state index in [9.17, 15) is 4.79 Å². The lowest BCUT2D eigenvalue weighted by molar-refractivity contribution is 0.0524. The predicted molar refractivity (Wildman–Crippen MR) is 74.3 cm³/mol. The van der Waals surface area contributed by atoms with Gasteiger partial charge in [0.25, 0.3) is 0 Å². The number of carbonyl (C=O) groups is 1. The monoisotopic (exact) mass is 263 g/mol. The van der Waals surface area contributed by atoms with Crippen molar-refractivity contribution in [3.63, 3.8) is 0 Å². The van der Waals surface area contributed by atoms with Crippen LogP contribution in [-0.4, -0.2) is 29.8 Å². The van der Waals surface area contributed by atoms with Crippen LogP contribution in [0.3, 0.4) is 0 Å². The second-order valence-electron chi connectivity index (χ2n) is 5.73. The topological polar surface area (TPSA) is 63.2 Å². The Labute approximate surface area is 113 Å². The van der Waals surface area contributed by atoms with Gasteiger partial charge in [-0.1, -0.05) is 0 Å². The quantitative estimate of drug-likeness (QED) is 0.860. The second-order valence-corrected chi connectivity index (χ2v) is 5.73. The van der Waals surface area contributed by atoms with Gasteiger partial charge in [0.05, 0.1) is 11.4 Å². The average Bonchev–Trinajstić information content (AvgIpc) is 2.34. The first kappa shape index (κ1) is 13.6. The number of amides is 1. The molecule has 1 aliphatic rings. The molecule has 0 fully saturated rings. The normalized spacial score (nSPS) is 18.2. The van der Waals surface area contributed by atoms with Gasteiger partial charge in [0.2, 0.25) is 0 Å². The highest BCUT2D eigenvalue weighted by Crippen LogP contribution is 2.28. The van der Waals surface area contributed by atoms with E-state index >= 15 is 0 Å². The number of ether oxygens (including phenoxy) is 1. The van der Waals surface area contributed by atoms with Crippen molar-refractivity contribution in [3.05, 3.63) is 24.0 Å². The summed E-state index contributed by atoms with van der Waals surface area (Å²) in [5, 5.41) is 6.13. The zero-order valence-corrected chi connectivity index (χ0v) is 11.7. The molecular formula is C14H21N3O2. The highest BCUT2D eigenvalue weighted by atomic mass is 16.6. The van der Waals surface area contributed by atoms with E-state index in [-0.39, 0.29) is 12.0 Å². The summed E-state index contributed by atoms with van der Waals surface area (Å²) in [6, 6.07) is 3.93. The summed E-state index contributed by atoms with van der Waals surface area (Å²) in [5.41, 5.74) is 1.61. The molecule has 0 saturated carbocycles. The Bertz CT molecular complexity index is 454. The average molecular weight is 263 g/mol. The van der Waals surface area contributed by atoms with Gasteiger partial charge in [-0.15, -0.1) is 0 Å². The molecule has 2 rings (SSSR count). The number of pyridine rings is 1. The van der Waals surface area contributed by atoms with Gasteiger partial charge >= 0.3 is 6.09 Å². The van der Waals surface area contributed by atoms with Crippen molar-refractivity contribution in [2.75, 3.05) is 18.4 Å². The van der Waals surface area contributed by atoms with Crippen molar-refractivity contribution in [3.8, 4) is 0 Å². The molecule has 1 aromatic heterocycles. The number of alkyl carbamates (subject to hydrolysis) is 1. The summed E-state index contributed by atoms with van der Waals surface area (Å²) in [4.78, 5) is 16.0. The molecule has 2 N–H and O–H groups in total. The fourth-order valence-electron chi connectivity index (χ4n) is 2.13. The van der Waals surface area contributed by atoms with Gasteiger partial charge in [0.15, 0.2) is 0 Å². The molecule has 2 heterocycles. The first-order valence-electron chi connectivity index (χ1n) is 6.61. The summed E-state index contributed by atoms with van der Waals surface area (Å²) in [6.07, 6.45) is 2.37. The van der Waals surface area contributed by atoms with Crippen LogP contribution in [0.5, 0.6) is 0 Å². The van der Waals surface area contributed by atoms with E-state index in [0.29, 0.717) is 6.54 Å². The standard InChI is InChI=1S/C14H21N3O2/c1-14(2,3)19-13(18)17-9-10-6-8-15-11-5-4-7-16-12(10)11/h4-5,7,10,15H,6,8-9H2,1-3H3,(H,17,18). The number of carbonyl (C=O) groups excluding carboxylic acids is 1. The molecule has 0 bridgehead atoms. The summed E-state index contributed by atoms with van der Waals surface area (Å²) < 4.78 is 5.23. The van der Waals surface area contributed by atoms with Crippen LogP contribution in [0.4, 0.5) is 10.5 Å². The van der Waals surface area contributed by atoms with Gasteiger partial charge in [-0.2, -0.15) is 0 Å². The van der Waals surface area contributed by atoms with E-state index in [4.69, 9.17) is 4.74 Å². The molecule has 0 spiro atoms. The Balaban J connectivity index is 1.93. The zero-order valence-electron chi connectivity index (χ0n) is 11.7. The summed E-state index contributed by atoms with van der Waals surface area (Å²) in [6.45, 7) is 7.02. The number of nitrogens with one attached hydrogen (secondary N) is 2. The molecule has 1 atom stereocenters. The molecule has 1 amide bonds. The Hall–Kier alpha value is -1.78. The number of hydrogen-bond donors (Lipinski definition) is 2. The third-order valence-corrected chi connectivity index (χ3v) is 2.93. The highest BCUT2D eigenvalue weighted by Gasteiger charge is 2.23. The third kappa shape index (κ3) is 3.84. The molecule has 1 aromatic rings. The zero-order chi connectivity index (χ0) is 13.9. The maximum atomic E-state index is 11.6. The van der Waals surface area contributed by atoms with E-state index in [1.165, 1.54) is 0 Å². The molecule has 1 aliphatic heterocycles. The summed E-state index contributed by atoms with van der Waals surface area (Å²) in [7, 11) is 0. The van der Waals surface area contributed by atoms with E-state index in [0.717, 1.165) is 24.3 Å². The number of hydrogen-bond acceptors (Lipinski definition) is 4. The van der Waals surface area contributed by atoms with Crippen molar-refractivity contribution in [1.82, 2.24) is 10.3 Å². The van der Waals surface area contributed by atoms with Crippen LogP contribution in [0.2, 0.25) is 0 Å². The van der Waals surface area contributed by atoms with Crippen molar-refractivity contribution in [2.45, 2.75) is 38.7 Å². The first-order chi connectivity index (χ1) is 8.96. The van der Waals surface area contributed by atoms with Crippen molar-refractivity contribution >= 4 is 11.8 Å². The molecule has 1 unspecified atom stereocenters. The lowest BCUT2D eigenvalue weighted by atomic mass is 9.96. The van der Waals surface area contributed by atoms with Gasteiger partial charge in [-0.25, -0.2) is 4.79 Å².